The number of unbranched alkanes of at least 4 members (excludes halogenated alkanes) is 1. The smallest absolute Gasteiger partial charge is 0.141 e. The molecule has 21 heavy (non-hydrogen) atoms. The molecule has 0 amide bonds. The van der Waals surface area contributed by atoms with Gasteiger partial charge in [-0.15, -0.1) is 0 Å². The summed E-state index contributed by atoms with van der Waals surface area (Å²) in [7, 11) is 0. The van der Waals surface area contributed by atoms with Gasteiger partial charge in [0, 0.05) is 23.9 Å². The molecule has 0 atom stereocenters. The number of halogens is 1. The summed E-state index contributed by atoms with van der Waals surface area (Å²) in [6.45, 7) is 3.02. The van der Waals surface area contributed by atoms with Crippen LogP contribution in [0.2, 0.25) is 0 Å². The number of nitrogens with zero attached hydrogens (tertiary/aromatic N) is 2. The van der Waals surface area contributed by atoms with Crippen molar-refractivity contribution >= 4 is 16.7 Å². The summed E-state index contributed by atoms with van der Waals surface area (Å²) in [4.78, 5) is 4.61. The van der Waals surface area contributed by atoms with Crippen molar-refractivity contribution < 1.29 is 4.39 Å². The number of anilines is 1. The minimum Gasteiger partial charge on any atom is -0.399 e. The second kappa shape index (κ2) is 5.56. The van der Waals surface area contributed by atoms with Crippen molar-refractivity contribution in [3.63, 3.8) is 0 Å². The molecule has 0 saturated heterocycles. The largest absolute Gasteiger partial charge is 0.399 e. The number of imidazole rings is 1. The van der Waals surface area contributed by atoms with Crippen LogP contribution >= 0.6 is 0 Å². The van der Waals surface area contributed by atoms with Crippen LogP contribution in [0.4, 0.5) is 10.1 Å². The van der Waals surface area contributed by atoms with E-state index in [1.165, 1.54) is 12.1 Å². The maximum absolute atomic E-state index is 13.4. The van der Waals surface area contributed by atoms with Gasteiger partial charge in [-0.3, -0.25) is 0 Å². The molecule has 0 unspecified atom stereocenters. The first kappa shape index (κ1) is 13.6. The van der Waals surface area contributed by atoms with E-state index in [0.29, 0.717) is 11.2 Å². The molecule has 0 aliphatic carbocycles. The number of benzene rings is 2. The van der Waals surface area contributed by atoms with Crippen molar-refractivity contribution in [2.75, 3.05) is 5.73 Å². The highest BCUT2D eigenvalue weighted by Gasteiger charge is 2.13. The molecule has 2 N–H and O–H groups in total. The van der Waals surface area contributed by atoms with E-state index in [4.69, 9.17) is 5.73 Å². The Bertz CT molecular complexity index is 777. The van der Waals surface area contributed by atoms with Gasteiger partial charge in [0.25, 0.3) is 0 Å². The van der Waals surface area contributed by atoms with Crippen LogP contribution in [0.1, 0.15) is 19.8 Å². The van der Waals surface area contributed by atoms with Gasteiger partial charge in [-0.2, -0.15) is 0 Å². The Hall–Kier alpha value is -2.36. The van der Waals surface area contributed by atoms with Gasteiger partial charge < -0.3 is 10.3 Å². The molecule has 0 bridgehead atoms. The van der Waals surface area contributed by atoms with Crippen LogP contribution in [0, 0.1) is 5.82 Å². The van der Waals surface area contributed by atoms with E-state index in [2.05, 4.69) is 16.5 Å². The SMILES string of the molecule is CCCCn1c(-c2cccc(N)c2)nc2cc(F)ccc21. The second-order valence-corrected chi connectivity index (χ2v) is 5.20. The van der Waals surface area contributed by atoms with E-state index >= 15 is 0 Å². The zero-order chi connectivity index (χ0) is 14.8. The lowest BCUT2D eigenvalue weighted by Gasteiger charge is -2.09. The van der Waals surface area contributed by atoms with Gasteiger partial charge in [0.2, 0.25) is 0 Å². The van der Waals surface area contributed by atoms with Crippen molar-refractivity contribution in [2.45, 2.75) is 26.3 Å². The third-order valence-corrected chi connectivity index (χ3v) is 3.59. The molecule has 3 nitrogen and oxygen atoms in total. The Balaban J connectivity index is 2.20. The molecule has 1 aromatic heterocycles. The van der Waals surface area contributed by atoms with Gasteiger partial charge in [-0.25, -0.2) is 9.37 Å². The normalized spacial score (nSPS) is 11.1. The predicted octanol–water partition coefficient (Wildman–Crippen LogP) is 4.22. The van der Waals surface area contributed by atoms with Crippen LogP contribution in [0.5, 0.6) is 0 Å². The summed E-state index contributed by atoms with van der Waals surface area (Å²) in [6.07, 6.45) is 2.15. The molecular weight excluding hydrogens is 265 g/mol. The summed E-state index contributed by atoms with van der Waals surface area (Å²) in [5.74, 6) is 0.582. The molecule has 4 heteroatoms. The number of nitrogen functional groups attached to an aromatic ring is 1. The quantitative estimate of drug-likeness (QED) is 0.728. The third-order valence-electron chi connectivity index (χ3n) is 3.59. The lowest BCUT2D eigenvalue weighted by Crippen LogP contribution is -2.01. The average molecular weight is 283 g/mol. The van der Waals surface area contributed by atoms with E-state index in [1.807, 2.05) is 24.3 Å². The van der Waals surface area contributed by atoms with Crippen LogP contribution in [-0.2, 0) is 6.54 Å². The van der Waals surface area contributed by atoms with Crippen molar-refractivity contribution in [3.05, 3.63) is 48.3 Å². The fraction of sp³-hybridized carbons (Fsp3) is 0.235. The van der Waals surface area contributed by atoms with Gasteiger partial charge in [0.1, 0.15) is 11.6 Å². The van der Waals surface area contributed by atoms with Gasteiger partial charge in [0.15, 0.2) is 0 Å². The number of fused-ring (bicyclic) bond motifs is 1. The highest BCUT2D eigenvalue weighted by Crippen LogP contribution is 2.27. The maximum Gasteiger partial charge on any atom is 0.141 e. The van der Waals surface area contributed by atoms with Gasteiger partial charge in [-0.1, -0.05) is 25.5 Å². The molecule has 108 valence electrons. The summed E-state index contributed by atoms with van der Waals surface area (Å²) in [6, 6.07) is 12.4. The number of rotatable bonds is 4. The lowest BCUT2D eigenvalue weighted by molar-refractivity contribution is 0.628. The minimum absolute atomic E-state index is 0.262. The molecule has 0 saturated carbocycles. The minimum atomic E-state index is -0.262. The number of aromatic nitrogens is 2. The molecule has 3 rings (SSSR count). The van der Waals surface area contributed by atoms with E-state index in [0.717, 1.165) is 36.3 Å². The fourth-order valence-electron chi connectivity index (χ4n) is 2.54. The fourth-order valence-corrected chi connectivity index (χ4v) is 2.54. The summed E-state index contributed by atoms with van der Waals surface area (Å²) in [5.41, 5.74) is 9.17. The Labute approximate surface area is 123 Å². The number of aryl methyl sites for hydroxylation is 1. The van der Waals surface area contributed by atoms with Gasteiger partial charge in [0.05, 0.1) is 11.0 Å². The van der Waals surface area contributed by atoms with Crippen molar-refractivity contribution in [1.82, 2.24) is 9.55 Å². The van der Waals surface area contributed by atoms with Crippen LogP contribution in [0.25, 0.3) is 22.4 Å². The van der Waals surface area contributed by atoms with Gasteiger partial charge >= 0.3 is 0 Å². The van der Waals surface area contributed by atoms with E-state index < -0.39 is 0 Å². The first-order valence-electron chi connectivity index (χ1n) is 7.20. The topological polar surface area (TPSA) is 43.8 Å². The molecule has 1 heterocycles. The first-order chi connectivity index (χ1) is 10.2. The summed E-state index contributed by atoms with van der Waals surface area (Å²) >= 11 is 0. The summed E-state index contributed by atoms with van der Waals surface area (Å²) in [5, 5.41) is 0. The number of hydrogen-bond acceptors (Lipinski definition) is 2. The molecule has 0 aliphatic rings. The zero-order valence-electron chi connectivity index (χ0n) is 12.0. The molecule has 0 aliphatic heterocycles. The van der Waals surface area contributed by atoms with Crippen LogP contribution in [0.3, 0.4) is 0 Å². The zero-order valence-corrected chi connectivity index (χ0v) is 12.0. The van der Waals surface area contributed by atoms with Crippen molar-refractivity contribution in [3.8, 4) is 11.4 Å². The Morgan fingerprint density at radius 3 is 2.81 bits per heavy atom. The molecular formula is C17H18FN3. The van der Waals surface area contributed by atoms with Crippen molar-refractivity contribution in [1.29, 1.82) is 0 Å². The molecule has 0 spiro atoms. The molecule has 0 radical (unpaired) electrons. The van der Waals surface area contributed by atoms with Gasteiger partial charge in [-0.05, 0) is 30.7 Å². The monoisotopic (exact) mass is 283 g/mol. The first-order valence-corrected chi connectivity index (χ1v) is 7.20. The van der Waals surface area contributed by atoms with E-state index in [-0.39, 0.29) is 5.82 Å². The Morgan fingerprint density at radius 1 is 1.19 bits per heavy atom. The number of nitrogens with two attached hydrogens (primary N) is 1. The highest BCUT2D eigenvalue weighted by atomic mass is 19.1. The van der Waals surface area contributed by atoms with E-state index in [9.17, 15) is 4.39 Å². The number of hydrogen-bond donors (Lipinski definition) is 1. The van der Waals surface area contributed by atoms with Crippen LogP contribution in [0.15, 0.2) is 42.5 Å². The Kier molecular flexibility index (Phi) is 3.60. The van der Waals surface area contributed by atoms with Crippen LogP contribution in [-0.4, -0.2) is 9.55 Å². The highest BCUT2D eigenvalue weighted by molar-refractivity contribution is 5.81. The Morgan fingerprint density at radius 2 is 2.05 bits per heavy atom. The second-order valence-electron chi connectivity index (χ2n) is 5.20. The standard InChI is InChI=1S/C17H18FN3/c1-2-3-9-21-16-8-7-13(18)11-15(16)20-17(21)12-5-4-6-14(19)10-12/h4-8,10-11H,2-3,9,19H2,1H3. The average Bonchev–Trinajstić information content (AvgIpc) is 2.82. The molecule has 3 aromatic rings. The molecule has 0 fully saturated rings. The van der Waals surface area contributed by atoms with Crippen LogP contribution < -0.4 is 5.73 Å². The summed E-state index contributed by atoms with van der Waals surface area (Å²) < 4.78 is 15.6. The predicted molar refractivity (Wildman–Crippen MR) is 84.4 cm³/mol. The van der Waals surface area contributed by atoms with E-state index in [1.54, 1.807) is 6.07 Å². The maximum atomic E-state index is 13.4. The lowest BCUT2D eigenvalue weighted by atomic mass is 10.2. The third kappa shape index (κ3) is 2.61. The molecule has 2 aromatic carbocycles. The van der Waals surface area contributed by atoms with Crippen molar-refractivity contribution in [2.24, 2.45) is 0 Å².